The summed E-state index contributed by atoms with van der Waals surface area (Å²) in [4.78, 5) is 22.3. The summed E-state index contributed by atoms with van der Waals surface area (Å²) in [5, 5.41) is 8.88. The first-order valence-corrected chi connectivity index (χ1v) is 6.10. The second-order valence-electron chi connectivity index (χ2n) is 3.40. The summed E-state index contributed by atoms with van der Waals surface area (Å²) in [6.07, 6.45) is 0.112. The minimum atomic E-state index is -4.61. The predicted molar refractivity (Wildman–Crippen MR) is 64.4 cm³/mol. The summed E-state index contributed by atoms with van der Waals surface area (Å²) in [5.74, 6) is -1.00. The molecule has 4 nitrogen and oxygen atoms in total. The van der Waals surface area contributed by atoms with Crippen molar-refractivity contribution < 1.29 is 27.5 Å². The van der Waals surface area contributed by atoms with Crippen LogP contribution in [0.2, 0.25) is 0 Å². The van der Waals surface area contributed by atoms with Gasteiger partial charge in [0.2, 0.25) is 0 Å². The monoisotopic (exact) mass is 303 g/mol. The van der Waals surface area contributed by atoms with E-state index in [-0.39, 0.29) is 18.5 Å². The van der Waals surface area contributed by atoms with Crippen LogP contribution >= 0.6 is 11.8 Å². The summed E-state index contributed by atoms with van der Waals surface area (Å²) >= 11 is -0.528. The highest BCUT2D eigenvalue weighted by molar-refractivity contribution is 8.00. The van der Waals surface area contributed by atoms with Crippen molar-refractivity contribution in [3.63, 3.8) is 0 Å². The molecule has 0 aromatic heterocycles. The molecule has 0 radical (unpaired) electrons. The zero-order chi connectivity index (χ0) is 15.3. The standard InChI is InChI=1S/C12H8F3NO3S/c1-2-19-11(18)10-7(5-16)3-4-9(8(10)6-17)20-12(13,14)15/h3-4,6H,2H2,1H3. The smallest absolute Gasteiger partial charge is 0.446 e. The Kier molecular flexibility index (Phi) is 5.16. The van der Waals surface area contributed by atoms with E-state index in [9.17, 15) is 22.8 Å². The Morgan fingerprint density at radius 2 is 2.15 bits per heavy atom. The van der Waals surface area contributed by atoms with Gasteiger partial charge in [0.05, 0.1) is 17.7 Å². The first kappa shape index (κ1) is 16.0. The van der Waals surface area contributed by atoms with Crippen LogP contribution in [-0.2, 0) is 4.74 Å². The van der Waals surface area contributed by atoms with E-state index in [0.717, 1.165) is 12.1 Å². The number of rotatable bonds is 4. The van der Waals surface area contributed by atoms with Crippen molar-refractivity contribution in [3.8, 4) is 6.07 Å². The lowest BCUT2D eigenvalue weighted by molar-refractivity contribution is -0.0328. The van der Waals surface area contributed by atoms with Crippen molar-refractivity contribution in [1.82, 2.24) is 0 Å². The molecule has 0 bridgehead atoms. The number of ether oxygens (including phenoxy) is 1. The van der Waals surface area contributed by atoms with E-state index >= 15 is 0 Å². The molecule has 0 aliphatic carbocycles. The van der Waals surface area contributed by atoms with Crippen LogP contribution in [0.15, 0.2) is 17.0 Å². The van der Waals surface area contributed by atoms with Crippen LogP contribution in [0.3, 0.4) is 0 Å². The first-order chi connectivity index (χ1) is 9.34. The van der Waals surface area contributed by atoms with Gasteiger partial charge in [-0.15, -0.1) is 0 Å². The van der Waals surface area contributed by atoms with Crippen LogP contribution in [0, 0.1) is 11.3 Å². The minimum Gasteiger partial charge on any atom is -0.462 e. The van der Waals surface area contributed by atoms with Gasteiger partial charge in [-0.1, -0.05) is 0 Å². The van der Waals surface area contributed by atoms with Gasteiger partial charge in [0, 0.05) is 10.5 Å². The average Bonchev–Trinajstić information content (AvgIpc) is 2.36. The molecule has 1 rings (SSSR count). The van der Waals surface area contributed by atoms with E-state index in [0.29, 0.717) is 0 Å². The first-order valence-electron chi connectivity index (χ1n) is 5.29. The van der Waals surface area contributed by atoms with E-state index in [1.165, 1.54) is 6.92 Å². The molecule has 0 aliphatic rings. The van der Waals surface area contributed by atoms with Crippen LogP contribution in [0.25, 0.3) is 0 Å². The van der Waals surface area contributed by atoms with Crippen molar-refractivity contribution in [2.24, 2.45) is 0 Å². The minimum absolute atomic E-state index is 0.0291. The van der Waals surface area contributed by atoms with Crippen LogP contribution in [0.1, 0.15) is 33.2 Å². The van der Waals surface area contributed by atoms with E-state index in [1.807, 2.05) is 0 Å². The Morgan fingerprint density at radius 1 is 1.50 bits per heavy atom. The number of halogens is 3. The second-order valence-corrected chi connectivity index (χ2v) is 4.50. The van der Waals surface area contributed by atoms with Gasteiger partial charge in [-0.25, -0.2) is 4.79 Å². The second kappa shape index (κ2) is 6.43. The fourth-order valence-electron chi connectivity index (χ4n) is 1.45. The molecule has 1 aromatic carbocycles. The quantitative estimate of drug-likeness (QED) is 0.485. The molecule has 0 atom stereocenters. The maximum Gasteiger partial charge on any atom is 0.446 e. The largest absolute Gasteiger partial charge is 0.462 e. The predicted octanol–water partition coefficient (Wildman–Crippen LogP) is 3.16. The Labute approximate surface area is 116 Å². The maximum atomic E-state index is 12.4. The van der Waals surface area contributed by atoms with Gasteiger partial charge < -0.3 is 4.74 Å². The average molecular weight is 303 g/mol. The number of carbonyl (C=O) groups excluding carboxylic acids is 2. The third kappa shape index (κ3) is 3.74. The van der Waals surface area contributed by atoms with Gasteiger partial charge >= 0.3 is 11.5 Å². The lowest BCUT2D eigenvalue weighted by Gasteiger charge is -2.12. The van der Waals surface area contributed by atoms with Crippen LogP contribution in [-0.4, -0.2) is 24.4 Å². The van der Waals surface area contributed by atoms with Crippen LogP contribution in [0.4, 0.5) is 13.2 Å². The maximum absolute atomic E-state index is 12.4. The van der Waals surface area contributed by atoms with E-state index in [4.69, 9.17) is 5.26 Å². The molecule has 20 heavy (non-hydrogen) atoms. The number of benzene rings is 1. The van der Waals surface area contributed by atoms with Gasteiger partial charge in [0.15, 0.2) is 6.29 Å². The van der Waals surface area contributed by atoms with Gasteiger partial charge in [0.1, 0.15) is 6.07 Å². The van der Waals surface area contributed by atoms with E-state index in [2.05, 4.69) is 4.74 Å². The number of nitrogens with zero attached hydrogens (tertiary/aromatic N) is 1. The van der Waals surface area contributed by atoms with Gasteiger partial charge in [-0.2, -0.15) is 18.4 Å². The Balaban J connectivity index is 3.45. The lowest BCUT2D eigenvalue weighted by atomic mass is 10.0. The Bertz CT molecular complexity index is 579. The number of esters is 1. The molecule has 0 unspecified atom stereocenters. The normalized spacial score (nSPS) is 10.8. The molecular weight excluding hydrogens is 295 g/mol. The number of aldehydes is 1. The molecule has 0 heterocycles. The summed E-state index contributed by atoms with van der Waals surface area (Å²) in [5.41, 5.74) is -5.77. The van der Waals surface area contributed by atoms with Crippen LogP contribution < -0.4 is 0 Å². The third-order valence-electron chi connectivity index (χ3n) is 2.15. The van der Waals surface area contributed by atoms with Gasteiger partial charge in [-0.05, 0) is 30.8 Å². The number of thioether (sulfide) groups is 1. The Hall–Kier alpha value is -2.01. The number of carbonyl (C=O) groups is 2. The van der Waals surface area contributed by atoms with E-state index in [1.54, 1.807) is 6.07 Å². The molecule has 0 aliphatic heterocycles. The highest BCUT2D eigenvalue weighted by atomic mass is 32.2. The van der Waals surface area contributed by atoms with Crippen molar-refractivity contribution in [1.29, 1.82) is 5.26 Å². The van der Waals surface area contributed by atoms with Crippen molar-refractivity contribution in [3.05, 3.63) is 28.8 Å². The summed E-state index contributed by atoms with van der Waals surface area (Å²) in [6, 6.07) is 3.67. The summed E-state index contributed by atoms with van der Waals surface area (Å²) in [6.45, 7) is 1.47. The molecule has 0 fully saturated rings. The molecule has 0 amide bonds. The van der Waals surface area contributed by atoms with E-state index < -0.39 is 39.3 Å². The molecular formula is C12H8F3NO3S. The van der Waals surface area contributed by atoms with Crippen molar-refractivity contribution >= 4 is 24.0 Å². The fraction of sp³-hybridized carbons (Fsp3) is 0.250. The summed E-state index contributed by atoms with van der Waals surface area (Å²) in [7, 11) is 0. The fourth-order valence-corrected chi connectivity index (χ4v) is 2.09. The summed E-state index contributed by atoms with van der Waals surface area (Å²) < 4.78 is 41.8. The highest BCUT2D eigenvalue weighted by Gasteiger charge is 2.32. The number of hydrogen-bond acceptors (Lipinski definition) is 5. The molecule has 0 saturated heterocycles. The van der Waals surface area contributed by atoms with Crippen molar-refractivity contribution in [2.45, 2.75) is 17.3 Å². The molecule has 0 spiro atoms. The number of alkyl halides is 3. The SMILES string of the molecule is CCOC(=O)c1c(C#N)ccc(SC(F)(F)F)c1C=O. The third-order valence-corrected chi connectivity index (χ3v) is 2.96. The zero-order valence-corrected chi connectivity index (χ0v) is 11.0. The lowest BCUT2D eigenvalue weighted by Crippen LogP contribution is -2.12. The van der Waals surface area contributed by atoms with Crippen LogP contribution in [0.5, 0.6) is 0 Å². The Morgan fingerprint density at radius 3 is 2.60 bits per heavy atom. The molecule has 1 aromatic rings. The molecule has 0 saturated carbocycles. The topological polar surface area (TPSA) is 67.2 Å². The van der Waals surface area contributed by atoms with Gasteiger partial charge in [-0.3, -0.25) is 4.79 Å². The number of hydrogen-bond donors (Lipinski definition) is 0. The molecule has 106 valence electrons. The zero-order valence-electron chi connectivity index (χ0n) is 10.2. The molecule has 8 heteroatoms. The van der Waals surface area contributed by atoms with Gasteiger partial charge in [0.25, 0.3) is 0 Å². The highest BCUT2D eigenvalue weighted by Crippen LogP contribution is 2.39. The molecule has 0 N–H and O–H groups in total. The number of nitriles is 1. The van der Waals surface area contributed by atoms with Crippen molar-refractivity contribution in [2.75, 3.05) is 6.61 Å².